The molecule has 0 aromatic carbocycles. The summed E-state index contributed by atoms with van der Waals surface area (Å²) in [7, 11) is 0. The predicted molar refractivity (Wildman–Crippen MR) is 70.5 cm³/mol. The van der Waals surface area contributed by atoms with Crippen LogP contribution in [0, 0.1) is 18.3 Å². The molecule has 2 heterocycles. The lowest BCUT2D eigenvalue weighted by Gasteiger charge is -2.10. The second-order valence-corrected chi connectivity index (χ2v) is 4.25. The Kier molecular flexibility index (Phi) is 3.62. The summed E-state index contributed by atoms with van der Waals surface area (Å²) in [6, 6.07) is 8.04. The first-order valence-corrected chi connectivity index (χ1v) is 5.81. The van der Waals surface area contributed by atoms with Gasteiger partial charge in [-0.2, -0.15) is 5.26 Å². The number of hydrogen-bond donors (Lipinski definition) is 1. The van der Waals surface area contributed by atoms with Gasteiger partial charge in [-0.3, -0.25) is 4.79 Å². The van der Waals surface area contributed by atoms with E-state index < -0.39 is 11.5 Å². The first kappa shape index (κ1) is 13.5. The Bertz CT molecular complexity index is 772. The minimum absolute atomic E-state index is 0.197. The minimum Gasteiger partial charge on any atom is -0.477 e. The van der Waals surface area contributed by atoms with Gasteiger partial charge in [0.2, 0.25) is 0 Å². The Hall–Kier alpha value is -2.94. The van der Waals surface area contributed by atoms with Crippen molar-refractivity contribution in [2.75, 3.05) is 0 Å². The topological polar surface area (TPSA) is 96.0 Å². The van der Waals surface area contributed by atoms with Gasteiger partial charge >= 0.3 is 5.97 Å². The zero-order valence-electron chi connectivity index (χ0n) is 10.7. The average molecular weight is 269 g/mol. The van der Waals surface area contributed by atoms with E-state index in [9.17, 15) is 9.59 Å². The third-order valence-electron chi connectivity index (χ3n) is 2.90. The van der Waals surface area contributed by atoms with Gasteiger partial charge in [0.1, 0.15) is 17.3 Å². The molecule has 6 nitrogen and oxygen atoms in total. The highest BCUT2D eigenvalue weighted by molar-refractivity contribution is 5.87. The number of pyridine rings is 2. The van der Waals surface area contributed by atoms with Crippen LogP contribution in [-0.2, 0) is 6.54 Å². The van der Waals surface area contributed by atoms with Crippen LogP contribution in [0.25, 0.3) is 0 Å². The highest BCUT2D eigenvalue weighted by atomic mass is 16.4. The quantitative estimate of drug-likeness (QED) is 0.902. The fraction of sp³-hybridized carbons (Fsp3) is 0.143. The van der Waals surface area contributed by atoms with Crippen LogP contribution in [0.5, 0.6) is 0 Å². The van der Waals surface area contributed by atoms with Crippen molar-refractivity contribution >= 4 is 5.97 Å². The average Bonchev–Trinajstić information content (AvgIpc) is 2.43. The van der Waals surface area contributed by atoms with Crippen molar-refractivity contribution in [3.63, 3.8) is 0 Å². The Morgan fingerprint density at radius 1 is 1.45 bits per heavy atom. The maximum atomic E-state index is 12.1. The van der Waals surface area contributed by atoms with Crippen molar-refractivity contribution in [2.24, 2.45) is 0 Å². The van der Waals surface area contributed by atoms with E-state index in [1.54, 1.807) is 25.1 Å². The summed E-state index contributed by atoms with van der Waals surface area (Å²) in [5.41, 5.74) is 0.778. The van der Waals surface area contributed by atoms with Crippen molar-refractivity contribution in [2.45, 2.75) is 13.5 Å². The van der Waals surface area contributed by atoms with Gasteiger partial charge < -0.3 is 9.67 Å². The maximum Gasteiger partial charge on any atom is 0.341 e. The number of nitriles is 1. The SMILES string of the molecule is Cc1ccc(C(=O)O)c(=O)n1Cc1ccnc(C#N)c1. The summed E-state index contributed by atoms with van der Waals surface area (Å²) in [6.07, 6.45) is 1.48. The lowest BCUT2D eigenvalue weighted by molar-refractivity contribution is 0.0694. The van der Waals surface area contributed by atoms with Crippen molar-refractivity contribution < 1.29 is 9.90 Å². The molecule has 6 heteroatoms. The van der Waals surface area contributed by atoms with Crippen LogP contribution in [0.15, 0.2) is 35.3 Å². The molecule has 20 heavy (non-hydrogen) atoms. The summed E-state index contributed by atoms with van der Waals surface area (Å²) in [5.74, 6) is -1.25. The number of carbonyl (C=O) groups is 1. The zero-order chi connectivity index (χ0) is 14.7. The van der Waals surface area contributed by atoms with E-state index in [-0.39, 0.29) is 17.8 Å². The summed E-state index contributed by atoms with van der Waals surface area (Å²) in [6.45, 7) is 1.92. The Balaban J connectivity index is 2.48. The minimum atomic E-state index is -1.25. The molecule has 0 bridgehead atoms. The summed E-state index contributed by atoms with van der Waals surface area (Å²) in [4.78, 5) is 26.9. The number of nitrogens with zero attached hydrogens (tertiary/aromatic N) is 3. The molecule has 100 valence electrons. The fourth-order valence-electron chi connectivity index (χ4n) is 1.85. The van der Waals surface area contributed by atoms with Gasteiger partial charge in [-0.1, -0.05) is 0 Å². The van der Waals surface area contributed by atoms with E-state index >= 15 is 0 Å². The van der Waals surface area contributed by atoms with E-state index in [4.69, 9.17) is 10.4 Å². The molecule has 0 saturated heterocycles. The first-order valence-electron chi connectivity index (χ1n) is 5.81. The molecule has 2 aromatic rings. The lowest BCUT2D eigenvalue weighted by Crippen LogP contribution is -2.28. The monoisotopic (exact) mass is 269 g/mol. The lowest BCUT2D eigenvalue weighted by atomic mass is 10.2. The van der Waals surface area contributed by atoms with Crippen LogP contribution in [0.4, 0.5) is 0 Å². The van der Waals surface area contributed by atoms with Gasteiger partial charge in [0.05, 0.1) is 6.54 Å². The second-order valence-electron chi connectivity index (χ2n) is 4.25. The highest BCUT2D eigenvalue weighted by Gasteiger charge is 2.12. The normalized spacial score (nSPS) is 10.0. The third-order valence-corrected chi connectivity index (χ3v) is 2.90. The first-order chi connectivity index (χ1) is 9.52. The maximum absolute atomic E-state index is 12.1. The smallest absolute Gasteiger partial charge is 0.341 e. The van der Waals surface area contributed by atoms with Gasteiger partial charge in [0, 0.05) is 11.9 Å². The van der Waals surface area contributed by atoms with Crippen LogP contribution >= 0.6 is 0 Å². The van der Waals surface area contributed by atoms with Crippen molar-refractivity contribution in [1.29, 1.82) is 5.26 Å². The van der Waals surface area contributed by atoms with Crippen LogP contribution in [0.1, 0.15) is 27.3 Å². The molecule has 0 amide bonds. The Morgan fingerprint density at radius 2 is 2.20 bits per heavy atom. The number of aromatic carboxylic acids is 1. The van der Waals surface area contributed by atoms with Crippen LogP contribution in [0.2, 0.25) is 0 Å². The van der Waals surface area contributed by atoms with Gasteiger partial charge in [-0.15, -0.1) is 0 Å². The fourth-order valence-corrected chi connectivity index (χ4v) is 1.85. The van der Waals surface area contributed by atoms with Crippen LogP contribution in [-0.4, -0.2) is 20.6 Å². The molecule has 2 rings (SSSR count). The van der Waals surface area contributed by atoms with E-state index in [0.29, 0.717) is 11.3 Å². The van der Waals surface area contributed by atoms with Gasteiger partial charge in [0.15, 0.2) is 0 Å². The van der Waals surface area contributed by atoms with E-state index in [0.717, 1.165) is 0 Å². The molecular weight excluding hydrogens is 258 g/mol. The number of rotatable bonds is 3. The predicted octanol–water partition coefficient (Wildman–Crippen LogP) is 1.17. The van der Waals surface area contributed by atoms with Gasteiger partial charge in [0.25, 0.3) is 5.56 Å². The number of carboxylic acid groups (broad SMARTS) is 1. The number of carboxylic acids is 1. The molecule has 2 aromatic heterocycles. The third kappa shape index (κ3) is 2.57. The van der Waals surface area contributed by atoms with Crippen LogP contribution < -0.4 is 5.56 Å². The van der Waals surface area contributed by atoms with E-state index in [1.165, 1.54) is 16.8 Å². The molecule has 0 aliphatic carbocycles. The van der Waals surface area contributed by atoms with Crippen molar-refractivity contribution in [3.05, 3.63) is 63.3 Å². The molecule has 0 saturated carbocycles. The van der Waals surface area contributed by atoms with Crippen molar-refractivity contribution in [1.82, 2.24) is 9.55 Å². The molecule has 0 unspecified atom stereocenters. The van der Waals surface area contributed by atoms with Gasteiger partial charge in [-0.05, 0) is 36.8 Å². The zero-order valence-corrected chi connectivity index (χ0v) is 10.7. The summed E-state index contributed by atoms with van der Waals surface area (Å²) < 4.78 is 1.36. The molecule has 0 fully saturated rings. The van der Waals surface area contributed by atoms with Gasteiger partial charge in [-0.25, -0.2) is 9.78 Å². The molecule has 0 spiro atoms. The molecule has 0 aliphatic heterocycles. The van der Waals surface area contributed by atoms with E-state index in [2.05, 4.69) is 4.98 Å². The summed E-state index contributed by atoms with van der Waals surface area (Å²) in [5, 5.41) is 17.8. The molecular formula is C14H11N3O3. The Labute approximate surface area is 114 Å². The molecule has 0 aliphatic rings. The van der Waals surface area contributed by atoms with Crippen molar-refractivity contribution in [3.8, 4) is 6.07 Å². The highest BCUT2D eigenvalue weighted by Crippen LogP contribution is 2.06. The largest absolute Gasteiger partial charge is 0.477 e. The van der Waals surface area contributed by atoms with E-state index in [1.807, 2.05) is 6.07 Å². The number of aromatic nitrogens is 2. The second kappa shape index (κ2) is 5.36. The standard InChI is InChI=1S/C14H11N3O3/c1-9-2-3-12(14(19)20)13(18)17(9)8-10-4-5-16-11(6-10)7-15/h2-6H,8H2,1H3,(H,19,20). The molecule has 0 atom stereocenters. The Morgan fingerprint density at radius 3 is 2.85 bits per heavy atom. The van der Waals surface area contributed by atoms with Crippen LogP contribution in [0.3, 0.4) is 0 Å². The summed E-state index contributed by atoms with van der Waals surface area (Å²) >= 11 is 0. The number of hydrogen-bond acceptors (Lipinski definition) is 4. The molecule has 1 N–H and O–H groups in total. The molecule has 0 radical (unpaired) electrons. The number of aryl methyl sites for hydroxylation is 1.